The second-order valence-electron chi connectivity index (χ2n) is 5.45. The second-order valence-corrected chi connectivity index (χ2v) is 5.45. The number of nitrogens with two attached hydrogens (primary N) is 1. The monoisotopic (exact) mass is 246 g/mol. The molecule has 2 unspecified atom stereocenters. The van der Waals surface area contributed by atoms with Crippen molar-refractivity contribution in [3.05, 3.63) is 35.9 Å². The van der Waals surface area contributed by atoms with Crippen LogP contribution in [0.15, 0.2) is 30.3 Å². The summed E-state index contributed by atoms with van der Waals surface area (Å²) in [6, 6.07) is 11.8. The van der Waals surface area contributed by atoms with Crippen LogP contribution in [0.5, 0.6) is 0 Å². The molecule has 1 aliphatic rings. The molecule has 0 bridgehead atoms. The van der Waals surface area contributed by atoms with Crippen molar-refractivity contribution in [2.45, 2.75) is 57.7 Å². The molecule has 2 rings (SSSR count). The van der Waals surface area contributed by atoms with E-state index in [9.17, 15) is 0 Å². The highest BCUT2D eigenvalue weighted by atomic mass is 15.2. The van der Waals surface area contributed by atoms with Crippen LogP contribution in [-0.4, -0.2) is 23.5 Å². The van der Waals surface area contributed by atoms with Crippen molar-refractivity contribution in [3.8, 4) is 0 Å². The van der Waals surface area contributed by atoms with Crippen LogP contribution in [0, 0.1) is 0 Å². The van der Waals surface area contributed by atoms with E-state index in [-0.39, 0.29) is 6.04 Å². The first-order valence-corrected chi connectivity index (χ1v) is 7.30. The van der Waals surface area contributed by atoms with E-state index in [0.717, 1.165) is 12.6 Å². The van der Waals surface area contributed by atoms with E-state index in [2.05, 4.69) is 49.1 Å². The molecule has 1 aromatic rings. The molecule has 2 N–H and O–H groups in total. The van der Waals surface area contributed by atoms with Gasteiger partial charge in [0.05, 0.1) is 0 Å². The number of hydrogen-bond donors (Lipinski definition) is 1. The van der Waals surface area contributed by atoms with Crippen LogP contribution >= 0.6 is 0 Å². The molecule has 18 heavy (non-hydrogen) atoms. The molecule has 2 heteroatoms. The van der Waals surface area contributed by atoms with Crippen LogP contribution in [0.2, 0.25) is 0 Å². The highest BCUT2D eigenvalue weighted by Gasteiger charge is 2.28. The SMILES string of the molecule is CCN(C1CCCC1)C(C)C(N)c1ccccc1. The number of rotatable bonds is 5. The Hall–Kier alpha value is -0.860. The van der Waals surface area contributed by atoms with Gasteiger partial charge < -0.3 is 5.73 Å². The Morgan fingerprint density at radius 1 is 1.22 bits per heavy atom. The summed E-state index contributed by atoms with van der Waals surface area (Å²) in [4.78, 5) is 2.60. The first-order chi connectivity index (χ1) is 8.74. The topological polar surface area (TPSA) is 29.3 Å². The summed E-state index contributed by atoms with van der Waals surface area (Å²) < 4.78 is 0. The number of nitrogens with zero attached hydrogens (tertiary/aromatic N) is 1. The largest absolute Gasteiger partial charge is 0.323 e. The number of hydrogen-bond acceptors (Lipinski definition) is 2. The molecule has 0 radical (unpaired) electrons. The molecular formula is C16H26N2. The van der Waals surface area contributed by atoms with Gasteiger partial charge in [0, 0.05) is 18.1 Å². The number of benzene rings is 1. The van der Waals surface area contributed by atoms with E-state index in [0.29, 0.717) is 6.04 Å². The van der Waals surface area contributed by atoms with Gasteiger partial charge in [0.25, 0.3) is 0 Å². The lowest BCUT2D eigenvalue weighted by molar-refractivity contribution is 0.134. The first kappa shape index (κ1) is 13.6. The minimum Gasteiger partial charge on any atom is -0.323 e. The third-order valence-corrected chi connectivity index (χ3v) is 4.39. The Morgan fingerprint density at radius 2 is 1.83 bits per heavy atom. The molecule has 1 saturated carbocycles. The van der Waals surface area contributed by atoms with Crippen LogP contribution in [0.25, 0.3) is 0 Å². The molecule has 0 aromatic heterocycles. The molecule has 2 atom stereocenters. The van der Waals surface area contributed by atoms with Gasteiger partial charge in [-0.25, -0.2) is 0 Å². The Labute approximate surface area is 111 Å². The van der Waals surface area contributed by atoms with Gasteiger partial charge in [-0.1, -0.05) is 50.1 Å². The van der Waals surface area contributed by atoms with Gasteiger partial charge >= 0.3 is 0 Å². The summed E-state index contributed by atoms with van der Waals surface area (Å²) in [5.41, 5.74) is 7.69. The van der Waals surface area contributed by atoms with Gasteiger partial charge in [0.15, 0.2) is 0 Å². The maximum atomic E-state index is 6.44. The van der Waals surface area contributed by atoms with Gasteiger partial charge in [-0.3, -0.25) is 4.90 Å². The van der Waals surface area contributed by atoms with Gasteiger partial charge in [-0.05, 0) is 31.9 Å². The average Bonchev–Trinajstić information content (AvgIpc) is 2.93. The molecule has 0 aliphatic heterocycles. The van der Waals surface area contributed by atoms with Crippen molar-refractivity contribution in [3.63, 3.8) is 0 Å². The lowest BCUT2D eigenvalue weighted by Gasteiger charge is -2.37. The molecular weight excluding hydrogens is 220 g/mol. The lowest BCUT2D eigenvalue weighted by atomic mass is 9.98. The minimum atomic E-state index is 0.117. The smallest absolute Gasteiger partial charge is 0.0450 e. The summed E-state index contributed by atoms with van der Waals surface area (Å²) in [5.74, 6) is 0. The predicted molar refractivity (Wildman–Crippen MR) is 77.5 cm³/mol. The van der Waals surface area contributed by atoms with Gasteiger partial charge in [-0.2, -0.15) is 0 Å². The van der Waals surface area contributed by atoms with E-state index >= 15 is 0 Å². The normalized spacial score (nSPS) is 20.2. The standard InChI is InChI=1S/C16H26N2/c1-3-18(15-11-7-8-12-15)13(2)16(17)14-9-5-4-6-10-14/h4-6,9-10,13,15-16H,3,7-8,11-12,17H2,1-2H3. The lowest BCUT2D eigenvalue weighted by Crippen LogP contribution is -2.45. The minimum absolute atomic E-state index is 0.117. The zero-order chi connectivity index (χ0) is 13.0. The summed E-state index contributed by atoms with van der Waals surface area (Å²) in [7, 11) is 0. The quantitative estimate of drug-likeness (QED) is 0.863. The molecule has 0 saturated heterocycles. The van der Waals surface area contributed by atoms with Crippen molar-refractivity contribution in [2.24, 2.45) is 5.73 Å². The molecule has 0 heterocycles. The zero-order valence-corrected chi connectivity index (χ0v) is 11.7. The second kappa shape index (κ2) is 6.35. The van der Waals surface area contributed by atoms with E-state index in [1.807, 2.05) is 0 Å². The van der Waals surface area contributed by atoms with Crippen LogP contribution in [0.4, 0.5) is 0 Å². The van der Waals surface area contributed by atoms with Crippen LogP contribution < -0.4 is 5.73 Å². The molecule has 2 nitrogen and oxygen atoms in total. The average molecular weight is 246 g/mol. The predicted octanol–water partition coefficient (Wildman–Crippen LogP) is 3.34. The highest BCUT2D eigenvalue weighted by Crippen LogP contribution is 2.28. The van der Waals surface area contributed by atoms with Gasteiger partial charge in [0.2, 0.25) is 0 Å². The Morgan fingerprint density at radius 3 is 2.39 bits per heavy atom. The molecule has 1 aromatic carbocycles. The van der Waals surface area contributed by atoms with Crippen LogP contribution in [0.3, 0.4) is 0 Å². The van der Waals surface area contributed by atoms with Gasteiger partial charge in [-0.15, -0.1) is 0 Å². The third kappa shape index (κ3) is 2.93. The fraction of sp³-hybridized carbons (Fsp3) is 0.625. The van der Waals surface area contributed by atoms with Crippen LogP contribution in [-0.2, 0) is 0 Å². The Balaban J connectivity index is 2.06. The van der Waals surface area contributed by atoms with Gasteiger partial charge in [0.1, 0.15) is 0 Å². The van der Waals surface area contributed by atoms with E-state index in [1.165, 1.54) is 31.2 Å². The van der Waals surface area contributed by atoms with Crippen molar-refractivity contribution >= 4 is 0 Å². The van der Waals surface area contributed by atoms with E-state index < -0.39 is 0 Å². The highest BCUT2D eigenvalue weighted by molar-refractivity contribution is 5.20. The summed E-state index contributed by atoms with van der Waals surface area (Å²) in [6.07, 6.45) is 5.46. The molecule has 100 valence electrons. The van der Waals surface area contributed by atoms with E-state index in [4.69, 9.17) is 5.73 Å². The fourth-order valence-electron chi connectivity index (χ4n) is 3.27. The zero-order valence-electron chi connectivity index (χ0n) is 11.7. The summed E-state index contributed by atoms with van der Waals surface area (Å²) >= 11 is 0. The van der Waals surface area contributed by atoms with E-state index in [1.54, 1.807) is 0 Å². The molecule has 1 fully saturated rings. The summed E-state index contributed by atoms with van der Waals surface area (Å²) in [6.45, 7) is 5.64. The van der Waals surface area contributed by atoms with Crippen molar-refractivity contribution in [1.29, 1.82) is 0 Å². The Bertz CT molecular complexity index is 343. The Kier molecular flexibility index (Phi) is 4.79. The molecule has 0 spiro atoms. The van der Waals surface area contributed by atoms with Crippen molar-refractivity contribution < 1.29 is 0 Å². The maximum Gasteiger partial charge on any atom is 0.0450 e. The molecule has 0 amide bonds. The van der Waals surface area contributed by atoms with Crippen molar-refractivity contribution in [1.82, 2.24) is 4.90 Å². The molecule has 1 aliphatic carbocycles. The third-order valence-electron chi connectivity index (χ3n) is 4.39. The summed E-state index contributed by atoms with van der Waals surface area (Å²) in [5, 5.41) is 0. The van der Waals surface area contributed by atoms with Crippen LogP contribution in [0.1, 0.15) is 51.1 Å². The first-order valence-electron chi connectivity index (χ1n) is 7.30. The maximum absolute atomic E-state index is 6.44. The fourth-order valence-corrected chi connectivity index (χ4v) is 3.27. The van der Waals surface area contributed by atoms with Crippen molar-refractivity contribution in [2.75, 3.05) is 6.54 Å². The number of likely N-dealkylation sites (N-methyl/N-ethyl adjacent to an activating group) is 1.